The van der Waals surface area contributed by atoms with Crippen molar-refractivity contribution in [3.63, 3.8) is 0 Å². The summed E-state index contributed by atoms with van der Waals surface area (Å²) in [6, 6.07) is 20.2. The second kappa shape index (κ2) is 15.2. The van der Waals surface area contributed by atoms with Crippen molar-refractivity contribution in [2.45, 2.75) is 82.0 Å². The van der Waals surface area contributed by atoms with E-state index in [9.17, 15) is 27.3 Å². The predicted octanol–water partition coefficient (Wildman–Crippen LogP) is 3.92. The van der Waals surface area contributed by atoms with Gasteiger partial charge in [0, 0.05) is 16.4 Å². The molecule has 0 aliphatic heterocycles. The molecule has 4 unspecified atom stereocenters. The van der Waals surface area contributed by atoms with E-state index in [1.165, 1.54) is 0 Å². The van der Waals surface area contributed by atoms with Gasteiger partial charge >= 0.3 is 0 Å². The van der Waals surface area contributed by atoms with E-state index >= 15 is 0 Å². The summed E-state index contributed by atoms with van der Waals surface area (Å²) in [6.45, 7) is 7.91. The van der Waals surface area contributed by atoms with Crippen LogP contribution in [-0.4, -0.2) is 65.3 Å². The van der Waals surface area contributed by atoms with Crippen LogP contribution in [0.25, 0.3) is 10.8 Å². The zero-order chi connectivity index (χ0) is 33.6. The van der Waals surface area contributed by atoms with E-state index in [0.29, 0.717) is 10.8 Å². The SMILES string of the molecule is CC1CC(C[C@@H](O)[C@H](Cc2ccccc2)NC(=O)[C@@H](CS(=O)c2ccc3ccccc3c2)NS(C)(=O)=O)C(C(=O)NC(C)(C)C)C1. The van der Waals surface area contributed by atoms with Crippen LogP contribution in [-0.2, 0) is 36.8 Å². The fourth-order valence-electron chi connectivity index (χ4n) is 6.33. The third kappa shape index (κ3) is 10.4. The number of nitrogens with one attached hydrogen (secondary N) is 3. The van der Waals surface area contributed by atoms with E-state index in [-0.39, 0.29) is 41.9 Å². The van der Waals surface area contributed by atoms with Crippen LogP contribution in [0.4, 0.5) is 0 Å². The quantitative estimate of drug-likeness (QED) is 0.218. The number of amides is 2. The molecule has 4 N–H and O–H groups in total. The van der Waals surface area contributed by atoms with E-state index < -0.39 is 44.9 Å². The van der Waals surface area contributed by atoms with Gasteiger partial charge < -0.3 is 15.7 Å². The van der Waals surface area contributed by atoms with Gasteiger partial charge in [0.05, 0.1) is 35.0 Å². The van der Waals surface area contributed by atoms with Crippen LogP contribution in [0.3, 0.4) is 0 Å². The first-order chi connectivity index (χ1) is 21.6. The molecule has 2 amide bonds. The summed E-state index contributed by atoms with van der Waals surface area (Å²) in [5, 5.41) is 19.5. The van der Waals surface area contributed by atoms with Gasteiger partial charge in [0.1, 0.15) is 6.04 Å². The average Bonchev–Trinajstić information content (AvgIpc) is 3.34. The lowest BCUT2D eigenvalue weighted by Gasteiger charge is -2.31. The number of aliphatic hydroxyl groups is 1. The molecule has 1 aliphatic carbocycles. The smallest absolute Gasteiger partial charge is 0.239 e. The van der Waals surface area contributed by atoms with Gasteiger partial charge in [-0.3, -0.25) is 13.8 Å². The minimum atomic E-state index is -3.85. The molecule has 0 aromatic heterocycles. The Morgan fingerprint density at radius 2 is 1.63 bits per heavy atom. The number of benzene rings is 3. The summed E-state index contributed by atoms with van der Waals surface area (Å²) < 4.78 is 40.5. The van der Waals surface area contributed by atoms with E-state index in [0.717, 1.165) is 35.4 Å². The highest BCUT2D eigenvalue weighted by atomic mass is 32.2. The van der Waals surface area contributed by atoms with E-state index in [1.807, 2.05) is 81.4 Å². The minimum absolute atomic E-state index is 0.0359. The van der Waals surface area contributed by atoms with Crippen molar-refractivity contribution in [3.8, 4) is 0 Å². The second-order valence-corrected chi connectivity index (χ2v) is 17.0. The lowest BCUT2D eigenvalue weighted by atomic mass is 9.86. The zero-order valence-corrected chi connectivity index (χ0v) is 28.9. The highest BCUT2D eigenvalue weighted by molar-refractivity contribution is 7.89. The van der Waals surface area contributed by atoms with Gasteiger partial charge in [0.2, 0.25) is 21.8 Å². The summed E-state index contributed by atoms with van der Waals surface area (Å²) in [5.74, 6) is -1.05. The molecule has 1 fully saturated rings. The molecule has 46 heavy (non-hydrogen) atoms. The number of rotatable bonds is 13. The van der Waals surface area contributed by atoms with Gasteiger partial charge in [-0.1, -0.05) is 67.6 Å². The fourth-order valence-corrected chi connectivity index (χ4v) is 8.36. The molecule has 0 bridgehead atoms. The summed E-state index contributed by atoms with van der Waals surface area (Å²) in [4.78, 5) is 27.4. The Balaban J connectivity index is 1.55. The minimum Gasteiger partial charge on any atom is -0.391 e. The number of fused-ring (bicyclic) bond motifs is 1. The number of hydrogen-bond acceptors (Lipinski definition) is 6. The van der Waals surface area contributed by atoms with Crippen LogP contribution >= 0.6 is 0 Å². The maximum Gasteiger partial charge on any atom is 0.239 e. The Morgan fingerprint density at radius 3 is 2.28 bits per heavy atom. The van der Waals surface area contributed by atoms with Crippen LogP contribution in [0.1, 0.15) is 52.5 Å². The maximum atomic E-state index is 13.8. The third-order valence-electron chi connectivity index (χ3n) is 8.37. The van der Waals surface area contributed by atoms with Crippen molar-refractivity contribution in [1.82, 2.24) is 15.4 Å². The van der Waals surface area contributed by atoms with Crippen LogP contribution in [0.5, 0.6) is 0 Å². The topological polar surface area (TPSA) is 142 Å². The van der Waals surface area contributed by atoms with E-state index in [1.54, 1.807) is 12.1 Å². The standard InChI is InChI=1S/C35H47N3O6S2/c1-23-17-27(29(18-23)33(40)37-35(2,3)4)21-32(39)30(19-24-11-7-6-8-12-24)36-34(41)31(38-46(5,43)44)22-45(42)28-16-15-25-13-9-10-14-26(25)20-28/h6-16,20,23,27,29-32,38-39H,17-19,21-22H2,1-5H3,(H,36,41)(H,37,40)/t23?,27?,29?,30-,31+,32+,45?/m0/s1. The molecule has 1 saturated carbocycles. The Labute approximate surface area is 275 Å². The number of aliphatic hydroxyl groups excluding tert-OH is 1. The summed E-state index contributed by atoms with van der Waals surface area (Å²) >= 11 is 0. The lowest BCUT2D eigenvalue weighted by Crippen LogP contribution is -2.55. The van der Waals surface area contributed by atoms with Crippen molar-refractivity contribution >= 4 is 43.4 Å². The average molecular weight is 670 g/mol. The monoisotopic (exact) mass is 669 g/mol. The molecule has 0 saturated heterocycles. The molecular formula is C35H47N3O6S2. The summed E-state index contributed by atoms with van der Waals surface area (Å²) in [7, 11) is -5.56. The highest BCUT2D eigenvalue weighted by Crippen LogP contribution is 2.40. The molecular weight excluding hydrogens is 623 g/mol. The molecule has 9 nitrogen and oxygen atoms in total. The van der Waals surface area contributed by atoms with Gasteiger partial charge in [-0.05, 0) is 86.8 Å². The van der Waals surface area contributed by atoms with Crippen LogP contribution < -0.4 is 15.4 Å². The highest BCUT2D eigenvalue weighted by Gasteiger charge is 2.40. The first kappa shape index (κ1) is 35.7. The molecule has 0 spiro atoms. The molecule has 3 aromatic rings. The number of carbonyl (C=O) groups excluding carboxylic acids is 2. The van der Waals surface area contributed by atoms with Gasteiger partial charge in [-0.2, -0.15) is 0 Å². The fraction of sp³-hybridized carbons (Fsp3) is 0.486. The molecule has 0 heterocycles. The number of sulfonamides is 1. The predicted molar refractivity (Wildman–Crippen MR) is 183 cm³/mol. The Kier molecular flexibility index (Phi) is 11.8. The summed E-state index contributed by atoms with van der Waals surface area (Å²) in [5.41, 5.74) is 0.491. The van der Waals surface area contributed by atoms with Crippen molar-refractivity contribution in [1.29, 1.82) is 0 Å². The van der Waals surface area contributed by atoms with Crippen molar-refractivity contribution in [3.05, 3.63) is 78.4 Å². The molecule has 4 rings (SSSR count). The summed E-state index contributed by atoms with van der Waals surface area (Å²) in [6.07, 6.45) is 2.00. The molecule has 0 radical (unpaired) electrons. The van der Waals surface area contributed by atoms with Gasteiger partial charge in [-0.25, -0.2) is 13.1 Å². The van der Waals surface area contributed by atoms with E-state index in [2.05, 4.69) is 22.3 Å². The maximum absolute atomic E-state index is 13.8. The van der Waals surface area contributed by atoms with Crippen molar-refractivity contribution in [2.75, 3.05) is 12.0 Å². The lowest BCUT2D eigenvalue weighted by molar-refractivity contribution is -0.128. The molecule has 11 heteroatoms. The normalized spacial score (nSPS) is 21.3. The first-order valence-corrected chi connectivity index (χ1v) is 19.0. The molecule has 250 valence electrons. The molecule has 7 atom stereocenters. The van der Waals surface area contributed by atoms with Crippen LogP contribution in [0.15, 0.2) is 77.7 Å². The van der Waals surface area contributed by atoms with E-state index in [4.69, 9.17) is 0 Å². The zero-order valence-electron chi connectivity index (χ0n) is 27.2. The van der Waals surface area contributed by atoms with Gasteiger partial charge in [0.15, 0.2) is 0 Å². The largest absolute Gasteiger partial charge is 0.391 e. The number of hydrogen-bond donors (Lipinski definition) is 4. The first-order valence-electron chi connectivity index (χ1n) is 15.8. The van der Waals surface area contributed by atoms with Gasteiger partial charge in [0.25, 0.3) is 0 Å². The Morgan fingerprint density at radius 1 is 0.978 bits per heavy atom. The van der Waals surface area contributed by atoms with Crippen molar-refractivity contribution < 1.29 is 27.3 Å². The number of carbonyl (C=O) groups is 2. The Hall–Kier alpha value is -3.12. The van der Waals surface area contributed by atoms with Crippen molar-refractivity contribution in [2.24, 2.45) is 17.8 Å². The van der Waals surface area contributed by atoms with Crippen LogP contribution in [0.2, 0.25) is 0 Å². The Bertz CT molecular complexity index is 1640. The molecule has 1 aliphatic rings. The molecule has 3 aromatic carbocycles. The second-order valence-electron chi connectivity index (χ2n) is 13.8. The van der Waals surface area contributed by atoms with Gasteiger partial charge in [-0.15, -0.1) is 0 Å². The van der Waals surface area contributed by atoms with Crippen LogP contribution in [0, 0.1) is 17.8 Å². The third-order valence-corrected chi connectivity index (χ3v) is 10.5.